The Balaban J connectivity index is 1.16. The maximum Gasteiger partial charge on any atom is 0.0467 e. The second kappa shape index (κ2) is 14.0. The highest BCUT2D eigenvalue weighted by Crippen LogP contribution is 2.46. The molecule has 0 bridgehead atoms. The number of nitrogens with zero attached hydrogens (tertiary/aromatic N) is 1. The molecule has 0 saturated carbocycles. The van der Waals surface area contributed by atoms with E-state index in [2.05, 4.69) is 229 Å². The molecule has 0 spiro atoms. The van der Waals surface area contributed by atoms with Crippen LogP contribution in [0.4, 0.5) is 17.1 Å². The van der Waals surface area contributed by atoms with Crippen molar-refractivity contribution in [1.29, 1.82) is 0 Å². The fourth-order valence-electron chi connectivity index (χ4n) is 8.29. The van der Waals surface area contributed by atoms with Gasteiger partial charge in [0.05, 0.1) is 0 Å². The molecule has 0 amide bonds. The Hall–Kier alpha value is -7.22. The Labute approximate surface area is 322 Å². The third kappa shape index (κ3) is 5.93. The highest BCUT2D eigenvalue weighted by molar-refractivity contribution is 6.21. The van der Waals surface area contributed by atoms with Crippen molar-refractivity contribution >= 4 is 49.4 Å². The van der Waals surface area contributed by atoms with Crippen LogP contribution in [0.2, 0.25) is 0 Å². The van der Waals surface area contributed by atoms with Crippen molar-refractivity contribution in [1.82, 2.24) is 0 Å². The summed E-state index contributed by atoms with van der Waals surface area (Å²) in [5, 5.41) is 7.53. The van der Waals surface area contributed by atoms with Crippen molar-refractivity contribution in [2.45, 2.75) is 0 Å². The molecule has 10 aromatic rings. The monoisotopic (exact) mass is 699 g/mol. The van der Waals surface area contributed by atoms with Gasteiger partial charge in [-0.2, -0.15) is 0 Å². The van der Waals surface area contributed by atoms with E-state index in [-0.39, 0.29) is 0 Å². The standard InChI is InChI=1S/C54H37N/c1-3-15-38(16-4-1)39-29-33-44(34-30-39)55(45-35-31-41(32-36-45)48-28-14-20-40-17-7-8-23-47(40)48)46-22-13-21-43(37-46)54-52-27-12-10-25-50(52)49-24-9-11-26-51(49)53(54)42-18-5-2-6-19-42/h1-37H. The van der Waals surface area contributed by atoms with E-state index < -0.39 is 0 Å². The topological polar surface area (TPSA) is 3.24 Å². The van der Waals surface area contributed by atoms with Gasteiger partial charge in [0.1, 0.15) is 0 Å². The van der Waals surface area contributed by atoms with E-state index in [1.165, 1.54) is 76.8 Å². The maximum absolute atomic E-state index is 2.39. The lowest BCUT2D eigenvalue weighted by atomic mass is 9.85. The largest absolute Gasteiger partial charge is 0.310 e. The zero-order valence-electron chi connectivity index (χ0n) is 30.3. The van der Waals surface area contributed by atoms with Crippen LogP contribution >= 0.6 is 0 Å². The van der Waals surface area contributed by atoms with Crippen molar-refractivity contribution in [2.24, 2.45) is 0 Å². The second-order valence-corrected chi connectivity index (χ2v) is 14.1. The van der Waals surface area contributed by atoms with Crippen LogP contribution in [0, 0.1) is 0 Å². The van der Waals surface area contributed by atoms with E-state index in [9.17, 15) is 0 Å². The summed E-state index contributed by atoms with van der Waals surface area (Å²) in [7, 11) is 0. The van der Waals surface area contributed by atoms with Gasteiger partial charge in [-0.3, -0.25) is 0 Å². The van der Waals surface area contributed by atoms with Gasteiger partial charge in [-0.25, -0.2) is 0 Å². The maximum atomic E-state index is 2.39. The minimum atomic E-state index is 1.10. The molecule has 258 valence electrons. The fraction of sp³-hybridized carbons (Fsp3) is 0. The first kappa shape index (κ1) is 32.4. The predicted octanol–water partition coefficient (Wildman–Crippen LogP) is 15.3. The molecule has 0 aliphatic rings. The number of rotatable bonds is 7. The van der Waals surface area contributed by atoms with Crippen LogP contribution in [-0.4, -0.2) is 0 Å². The van der Waals surface area contributed by atoms with Crippen molar-refractivity contribution < 1.29 is 0 Å². The Morgan fingerprint density at radius 2 is 0.673 bits per heavy atom. The Morgan fingerprint density at radius 3 is 1.31 bits per heavy atom. The summed E-state index contributed by atoms with van der Waals surface area (Å²) in [5.41, 5.74) is 13.0. The van der Waals surface area contributed by atoms with Gasteiger partial charge in [-0.15, -0.1) is 0 Å². The normalized spacial score (nSPS) is 11.3. The number of benzene rings is 10. The molecule has 0 unspecified atom stereocenters. The summed E-state index contributed by atoms with van der Waals surface area (Å²) < 4.78 is 0. The van der Waals surface area contributed by atoms with Gasteiger partial charge in [-0.05, 0) is 113 Å². The molecule has 0 aromatic heterocycles. The second-order valence-electron chi connectivity index (χ2n) is 14.1. The number of hydrogen-bond acceptors (Lipinski definition) is 1. The summed E-state index contributed by atoms with van der Waals surface area (Å²) in [4.78, 5) is 2.39. The van der Waals surface area contributed by atoms with E-state index >= 15 is 0 Å². The minimum Gasteiger partial charge on any atom is -0.310 e. The van der Waals surface area contributed by atoms with Crippen LogP contribution in [0.25, 0.3) is 76.8 Å². The van der Waals surface area contributed by atoms with Crippen molar-refractivity contribution in [3.05, 3.63) is 224 Å². The molecule has 1 heteroatoms. The quantitative estimate of drug-likeness (QED) is 0.150. The molecule has 10 aromatic carbocycles. The van der Waals surface area contributed by atoms with Crippen LogP contribution in [0.3, 0.4) is 0 Å². The molecule has 55 heavy (non-hydrogen) atoms. The summed E-state index contributed by atoms with van der Waals surface area (Å²) in [6.07, 6.45) is 0. The summed E-state index contributed by atoms with van der Waals surface area (Å²) >= 11 is 0. The van der Waals surface area contributed by atoms with Crippen LogP contribution in [-0.2, 0) is 0 Å². The van der Waals surface area contributed by atoms with Crippen molar-refractivity contribution in [2.75, 3.05) is 4.90 Å². The average Bonchev–Trinajstić information content (AvgIpc) is 3.27. The first-order chi connectivity index (χ1) is 27.3. The van der Waals surface area contributed by atoms with Crippen LogP contribution < -0.4 is 4.90 Å². The smallest absolute Gasteiger partial charge is 0.0467 e. The fourth-order valence-corrected chi connectivity index (χ4v) is 8.29. The van der Waals surface area contributed by atoms with E-state index in [1.807, 2.05) is 0 Å². The first-order valence-electron chi connectivity index (χ1n) is 18.9. The summed E-state index contributed by atoms with van der Waals surface area (Å²) in [6.45, 7) is 0. The third-order valence-electron chi connectivity index (χ3n) is 10.8. The van der Waals surface area contributed by atoms with Gasteiger partial charge >= 0.3 is 0 Å². The van der Waals surface area contributed by atoms with Gasteiger partial charge in [-0.1, -0.05) is 188 Å². The predicted molar refractivity (Wildman–Crippen MR) is 235 cm³/mol. The van der Waals surface area contributed by atoms with E-state index in [0.29, 0.717) is 0 Å². The molecule has 0 saturated heterocycles. The lowest BCUT2D eigenvalue weighted by molar-refractivity contribution is 1.28. The summed E-state index contributed by atoms with van der Waals surface area (Å²) in [5.74, 6) is 0. The molecule has 1 nitrogen and oxygen atoms in total. The Kier molecular flexibility index (Phi) is 8.24. The molecular formula is C54H37N. The van der Waals surface area contributed by atoms with Gasteiger partial charge < -0.3 is 4.90 Å². The molecule has 0 aliphatic carbocycles. The zero-order valence-corrected chi connectivity index (χ0v) is 30.3. The lowest BCUT2D eigenvalue weighted by Crippen LogP contribution is -2.10. The SMILES string of the molecule is c1ccc(-c2ccc(N(c3ccc(-c4cccc5ccccc45)cc3)c3cccc(-c4c(-c5ccccc5)c5ccccc5c5ccccc45)c3)cc2)cc1. The zero-order chi connectivity index (χ0) is 36.6. The van der Waals surface area contributed by atoms with Crippen LogP contribution in [0.5, 0.6) is 0 Å². The van der Waals surface area contributed by atoms with Crippen LogP contribution in [0.1, 0.15) is 0 Å². The van der Waals surface area contributed by atoms with Gasteiger partial charge in [0.2, 0.25) is 0 Å². The molecule has 10 rings (SSSR count). The molecule has 0 radical (unpaired) electrons. The molecule has 0 fully saturated rings. The number of fused-ring (bicyclic) bond motifs is 4. The van der Waals surface area contributed by atoms with E-state index in [1.54, 1.807) is 0 Å². The highest BCUT2D eigenvalue weighted by Gasteiger charge is 2.20. The molecule has 0 N–H and O–H groups in total. The third-order valence-corrected chi connectivity index (χ3v) is 10.8. The van der Waals surface area contributed by atoms with Gasteiger partial charge in [0, 0.05) is 17.1 Å². The first-order valence-corrected chi connectivity index (χ1v) is 18.9. The molecule has 0 heterocycles. The Bertz CT molecular complexity index is 2940. The molecule has 0 atom stereocenters. The van der Waals surface area contributed by atoms with Crippen molar-refractivity contribution in [3.63, 3.8) is 0 Å². The highest BCUT2D eigenvalue weighted by atomic mass is 15.1. The molecule has 0 aliphatic heterocycles. The van der Waals surface area contributed by atoms with Gasteiger partial charge in [0.25, 0.3) is 0 Å². The number of anilines is 3. The average molecular weight is 700 g/mol. The van der Waals surface area contributed by atoms with Crippen LogP contribution in [0.15, 0.2) is 224 Å². The van der Waals surface area contributed by atoms with E-state index in [0.717, 1.165) is 17.1 Å². The summed E-state index contributed by atoms with van der Waals surface area (Å²) in [6, 6.07) is 81.4. The number of hydrogen-bond donors (Lipinski definition) is 0. The minimum absolute atomic E-state index is 1.10. The van der Waals surface area contributed by atoms with E-state index in [4.69, 9.17) is 0 Å². The molecular weight excluding hydrogens is 663 g/mol. The van der Waals surface area contributed by atoms with Gasteiger partial charge in [0.15, 0.2) is 0 Å². The van der Waals surface area contributed by atoms with Crippen molar-refractivity contribution in [3.8, 4) is 44.5 Å². The lowest BCUT2D eigenvalue weighted by Gasteiger charge is -2.27. The Morgan fingerprint density at radius 1 is 0.236 bits per heavy atom.